The average Bonchev–Trinajstić information content (AvgIpc) is 3.37. The van der Waals surface area contributed by atoms with Crippen LogP contribution in [0.4, 0.5) is 0 Å². The number of aliphatic hydroxyl groups is 2. The van der Waals surface area contributed by atoms with E-state index in [1.54, 1.807) is 0 Å². The van der Waals surface area contributed by atoms with E-state index in [4.69, 9.17) is 0 Å². The molecule has 5 aromatic rings. The maximum Gasteiger partial charge on any atom is 0.106 e. The van der Waals surface area contributed by atoms with Crippen LogP contribution in [0.1, 0.15) is 34.5 Å². The van der Waals surface area contributed by atoms with Gasteiger partial charge in [-0.3, -0.25) is 0 Å². The first-order valence-corrected chi connectivity index (χ1v) is 9.31. The van der Waals surface area contributed by atoms with Crippen molar-refractivity contribution in [2.45, 2.75) is 12.2 Å². The Morgan fingerprint density at radius 3 is 1.36 bits per heavy atom. The van der Waals surface area contributed by atoms with Crippen molar-refractivity contribution >= 4 is 21.8 Å². The third-order valence-corrected chi connectivity index (χ3v) is 5.42. The number of aliphatic hydroxyl groups excluding tert-OH is 2. The molecule has 4 nitrogen and oxygen atoms in total. The molecule has 0 aliphatic carbocycles. The van der Waals surface area contributed by atoms with E-state index in [0.29, 0.717) is 11.1 Å². The van der Waals surface area contributed by atoms with Gasteiger partial charge in [0, 0.05) is 45.3 Å². The Kier molecular flexibility index (Phi) is 4.01. The maximum absolute atomic E-state index is 11.2. The van der Waals surface area contributed by atoms with Gasteiger partial charge in [-0.1, -0.05) is 60.7 Å². The van der Waals surface area contributed by atoms with E-state index < -0.39 is 12.2 Å². The summed E-state index contributed by atoms with van der Waals surface area (Å²) in [6.07, 6.45) is 1.99. The average molecular weight is 368 g/mol. The Bertz CT molecular complexity index is 1170. The van der Waals surface area contributed by atoms with Crippen LogP contribution in [-0.4, -0.2) is 20.2 Å². The summed E-state index contributed by atoms with van der Waals surface area (Å²) in [6, 6.07) is 23.3. The standard InChI is InChI=1S/C24H20N2O2/c27-23(19-13-25-21-11-5-3-7-15(19)21)17-9-1-2-10-18(17)24(28)20-14-26-22-12-6-4-8-16(20)22/h1-14,23-28H. The van der Waals surface area contributed by atoms with E-state index in [9.17, 15) is 10.2 Å². The molecular formula is C24H20N2O2. The van der Waals surface area contributed by atoms with Gasteiger partial charge in [0.1, 0.15) is 12.2 Å². The van der Waals surface area contributed by atoms with Gasteiger partial charge in [0.15, 0.2) is 0 Å². The molecule has 3 aromatic carbocycles. The highest BCUT2D eigenvalue weighted by Crippen LogP contribution is 2.36. The van der Waals surface area contributed by atoms with E-state index in [1.165, 1.54) is 0 Å². The molecule has 5 rings (SSSR count). The summed E-state index contributed by atoms with van der Waals surface area (Å²) in [5, 5.41) is 24.3. The Hall–Kier alpha value is -3.34. The highest BCUT2D eigenvalue weighted by Gasteiger charge is 2.23. The fourth-order valence-electron chi connectivity index (χ4n) is 3.98. The molecule has 2 unspecified atom stereocenters. The molecular weight excluding hydrogens is 348 g/mol. The molecule has 0 saturated heterocycles. The first kappa shape index (κ1) is 16.8. The number of H-pyrrole nitrogens is 2. The minimum atomic E-state index is -0.841. The minimum Gasteiger partial charge on any atom is -0.384 e. The summed E-state index contributed by atoms with van der Waals surface area (Å²) in [5.41, 5.74) is 4.95. The van der Waals surface area contributed by atoms with Gasteiger partial charge in [-0.05, 0) is 23.3 Å². The predicted octanol–water partition coefficient (Wildman–Crippen LogP) is 4.81. The van der Waals surface area contributed by atoms with Crippen LogP contribution in [0.15, 0.2) is 85.2 Å². The number of aromatic amines is 2. The summed E-state index contributed by atoms with van der Waals surface area (Å²) >= 11 is 0. The molecule has 0 spiro atoms. The SMILES string of the molecule is OC(c1ccccc1C(O)c1c[nH]c2ccccc12)c1c[nH]c2ccccc12. The lowest BCUT2D eigenvalue weighted by Crippen LogP contribution is -2.08. The van der Waals surface area contributed by atoms with Crippen molar-refractivity contribution in [2.24, 2.45) is 0 Å². The van der Waals surface area contributed by atoms with Crippen LogP contribution < -0.4 is 0 Å². The summed E-state index contributed by atoms with van der Waals surface area (Å²) < 4.78 is 0. The van der Waals surface area contributed by atoms with Gasteiger partial charge >= 0.3 is 0 Å². The second-order valence-electron chi connectivity index (χ2n) is 7.01. The van der Waals surface area contributed by atoms with Gasteiger partial charge in [-0.15, -0.1) is 0 Å². The van der Waals surface area contributed by atoms with Gasteiger partial charge in [0.25, 0.3) is 0 Å². The summed E-state index contributed by atoms with van der Waals surface area (Å²) in [6.45, 7) is 0. The number of nitrogens with one attached hydrogen (secondary N) is 2. The smallest absolute Gasteiger partial charge is 0.106 e. The molecule has 4 heteroatoms. The quantitative estimate of drug-likeness (QED) is 0.367. The number of fused-ring (bicyclic) bond motifs is 2. The van der Waals surface area contributed by atoms with Crippen molar-refractivity contribution in [1.29, 1.82) is 0 Å². The molecule has 2 aromatic heterocycles. The second-order valence-corrected chi connectivity index (χ2v) is 7.01. The Morgan fingerprint density at radius 2 is 0.893 bits per heavy atom. The van der Waals surface area contributed by atoms with Crippen LogP contribution in [0.25, 0.3) is 21.8 Å². The molecule has 0 fully saturated rings. The molecule has 0 radical (unpaired) electrons. The highest BCUT2D eigenvalue weighted by atomic mass is 16.3. The Morgan fingerprint density at radius 1 is 0.500 bits per heavy atom. The highest BCUT2D eigenvalue weighted by molar-refractivity contribution is 5.85. The fraction of sp³-hybridized carbons (Fsp3) is 0.0833. The predicted molar refractivity (Wildman–Crippen MR) is 111 cm³/mol. The topological polar surface area (TPSA) is 72.0 Å². The molecule has 0 amide bonds. The Labute approximate surface area is 162 Å². The monoisotopic (exact) mass is 368 g/mol. The molecule has 0 saturated carbocycles. The summed E-state index contributed by atoms with van der Waals surface area (Å²) in [4.78, 5) is 6.42. The third-order valence-electron chi connectivity index (χ3n) is 5.42. The van der Waals surface area contributed by atoms with Crippen LogP contribution in [0, 0.1) is 0 Å². The lowest BCUT2D eigenvalue weighted by atomic mass is 9.91. The van der Waals surface area contributed by atoms with Crippen LogP contribution in [0.5, 0.6) is 0 Å². The zero-order valence-electron chi connectivity index (χ0n) is 15.1. The van der Waals surface area contributed by atoms with Crippen molar-refractivity contribution in [3.8, 4) is 0 Å². The zero-order valence-corrected chi connectivity index (χ0v) is 15.1. The number of hydrogen-bond donors (Lipinski definition) is 4. The third kappa shape index (κ3) is 2.62. The van der Waals surface area contributed by atoms with Gasteiger partial charge in [0.05, 0.1) is 0 Å². The number of benzene rings is 3. The number of hydrogen-bond acceptors (Lipinski definition) is 2. The van der Waals surface area contributed by atoms with Crippen molar-refractivity contribution in [1.82, 2.24) is 9.97 Å². The van der Waals surface area contributed by atoms with E-state index in [2.05, 4.69) is 9.97 Å². The first-order chi connectivity index (χ1) is 13.7. The molecule has 0 bridgehead atoms. The van der Waals surface area contributed by atoms with Crippen LogP contribution >= 0.6 is 0 Å². The van der Waals surface area contributed by atoms with Gasteiger partial charge < -0.3 is 20.2 Å². The summed E-state index contributed by atoms with van der Waals surface area (Å²) in [5.74, 6) is 0. The molecule has 0 aliphatic heterocycles. The van der Waals surface area contributed by atoms with E-state index in [1.807, 2.05) is 85.2 Å². The lowest BCUT2D eigenvalue weighted by molar-refractivity contribution is 0.198. The zero-order chi connectivity index (χ0) is 19.1. The van der Waals surface area contributed by atoms with Crippen LogP contribution in [0.3, 0.4) is 0 Å². The van der Waals surface area contributed by atoms with Crippen molar-refractivity contribution < 1.29 is 10.2 Å². The Balaban J connectivity index is 1.61. The maximum atomic E-state index is 11.2. The molecule has 2 heterocycles. The molecule has 138 valence electrons. The first-order valence-electron chi connectivity index (χ1n) is 9.31. The van der Waals surface area contributed by atoms with Crippen molar-refractivity contribution in [2.75, 3.05) is 0 Å². The lowest BCUT2D eigenvalue weighted by Gasteiger charge is -2.19. The van der Waals surface area contributed by atoms with Crippen molar-refractivity contribution in [3.63, 3.8) is 0 Å². The normalized spacial score (nSPS) is 13.8. The molecule has 28 heavy (non-hydrogen) atoms. The minimum absolute atomic E-state index is 0.699. The second kappa shape index (κ2) is 6.68. The van der Waals surface area contributed by atoms with E-state index in [-0.39, 0.29) is 0 Å². The van der Waals surface area contributed by atoms with E-state index in [0.717, 1.165) is 32.9 Å². The number of rotatable bonds is 4. The van der Waals surface area contributed by atoms with Gasteiger partial charge in [0.2, 0.25) is 0 Å². The summed E-state index contributed by atoms with van der Waals surface area (Å²) in [7, 11) is 0. The van der Waals surface area contributed by atoms with Crippen LogP contribution in [-0.2, 0) is 0 Å². The fourth-order valence-corrected chi connectivity index (χ4v) is 3.98. The van der Waals surface area contributed by atoms with Gasteiger partial charge in [-0.2, -0.15) is 0 Å². The number of aromatic nitrogens is 2. The van der Waals surface area contributed by atoms with Gasteiger partial charge in [-0.25, -0.2) is 0 Å². The van der Waals surface area contributed by atoms with Crippen LogP contribution in [0.2, 0.25) is 0 Å². The molecule has 2 atom stereocenters. The molecule has 4 N–H and O–H groups in total. The molecule has 0 aliphatic rings. The largest absolute Gasteiger partial charge is 0.384 e. The number of para-hydroxylation sites is 2. The van der Waals surface area contributed by atoms with E-state index >= 15 is 0 Å². The van der Waals surface area contributed by atoms with Crippen molar-refractivity contribution in [3.05, 3.63) is 107 Å².